The molecule has 2 rings (SSSR count). The summed E-state index contributed by atoms with van der Waals surface area (Å²) in [6.45, 7) is 6.37. The van der Waals surface area contributed by atoms with Gasteiger partial charge in [0, 0.05) is 6.21 Å². The first-order chi connectivity index (χ1) is 6.65. The van der Waals surface area contributed by atoms with Crippen molar-refractivity contribution >= 4 is 11.8 Å². The highest BCUT2D eigenvalue weighted by molar-refractivity contribution is 5.94. The minimum Gasteiger partial charge on any atom is -0.282 e. The summed E-state index contributed by atoms with van der Waals surface area (Å²) >= 11 is 0. The van der Waals surface area contributed by atoms with E-state index in [1.165, 1.54) is 16.7 Å². The second-order valence-electron chi connectivity index (χ2n) is 4.11. The van der Waals surface area contributed by atoms with Crippen molar-refractivity contribution in [3.63, 3.8) is 0 Å². The Morgan fingerprint density at radius 3 is 2.64 bits per heavy atom. The average Bonchev–Trinajstić information content (AvgIpc) is 2.17. The first kappa shape index (κ1) is 9.20. The lowest BCUT2D eigenvalue weighted by Crippen LogP contribution is -2.23. The molecule has 0 unspecified atom stereocenters. The van der Waals surface area contributed by atoms with Crippen molar-refractivity contribution in [1.82, 2.24) is 0 Å². The second kappa shape index (κ2) is 3.09. The normalized spacial score (nSPS) is 20.9. The molecule has 0 aromatic heterocycles. The molecule has 1 aromatic carbocycles. The minimum atomic E-state index is -0.0803. The summed E-state index contributed by atoms with van der Waals surface area (Å²) in [6.07, 6.45) is 4.14. The largest absolute Gasteiger partial charge is 0.282 e. The fourth-order valence-electron chi connectivity index (χ4n) is 1.99. The topological polar surface area (TPSA) is 12.4 Å². The number of aliphatic imine (C=N–C) groups is 1. The Morgan fingerprint density at radius 2 is 1.93 bits per heavy atom. The maximum absolute atomic E-state index is 4.56. The molecule has 0 saturated heterocycles. The zero-order valence-corrected chi connectivity index (χ0v) is 8.91. The molecule has 0 aliphatic carbocycles. The van der Waals surface area contributed by atoms with Gasteiger partial charge in [-0.3, -0.25) is 4.99 Å². The van der Waals surface area contributed by atoms with Crippen molar-refractivity contribution in [3.05, 3.63) is 41.5 Å². The molecule has 1 heteroatoms. The van der Waals surface area contributed by atoms with Crippen LogP contribution in [0.3, 0.4) is 0 Å². The summed E-state index contributed by atoms with van der Waals surface area (Å²) < 4.78 is 0. The van der Waals surface area contributed by atoms with Gasteiger partial charge in [-0.15, -0.1) is 0 Å². The predicted molar refractivity (Wildman–Crippen MR) is 61.8 cm³/mol. The summed E-state index contributed by atoms with van der Waals surface area (Å²) in [5, 5.41) is 0. The molecule has 1 aliphatic heterocycles. The van der Waals surface area contributed by atoms with Crippen LogP contribution < -0.4 is 0 Å². The van der Waals surface area contributed by atoms with Gasteiger partial charge < -0.3 is 0 Å². The van der Waals surface area contributed by atoms with Gasteiger partial charge in [0.2, 0.25) is 0 Å². The number of hydrogen-bond acceptors (Lipinski definition) is 1. The van der Waals surface area contributed by atoms with Crippen LogP contribution in [0.15, 0.2) is 35.3 Å². The van der Waals surface area contributed by atoms with Crippen LogP contribution in [0.1, 0.15) is 31.9 Å². The monoisotopic (exact) mass is 185 g/mol. The molecular weight excluding hydrogens is 170 g/mol. The van der Waals surface area contributed by atoms with Crippen LogP contribution >= 0.6 is 0 Å². The van der Waals surface area contributed by atoms with Crippen LogP contribution in [0, 0.1) is 0 Å². The second-order valence-corrected chi connectivity index (χ2v) is 4.11. The Morgan fingerprint density at radius 1 is 1.21 bits per heavy atom. The highest BCUT2D eigenvalue weighted by atomic mass is 14.8. The molecule has 14 heavy (non-hydrogen) atoms. The summed E-state index contributed by atoms with van der Waals surface area (Å²) in [7, 11) is 0. The lowest BCUT2D eigenvalue weighted by molar-refractivity contribution is 0.676. The number of nitrogens with zero attached hydrogens (tertiary/aromatic N) is 1. The van der Waals surface area contributed by atoms with E-state index < -0.39 is 0 Å². The van der Waals surface area contributed by atoms with E-state index in [-0.39, 0.29) is 5.54 Å². The molecule has 1 nitrogen and oxygen atoms in total. The number of allylic oxidation sites excluding steroid dienone is 1. The molecular formula is C13H15N. The van der Waals surface area contributed by atoms with E-state index in [4.69, 9.17) is 0 Å². The highest BCUT2D eigenvalue weighted by Crippen LogP contribution is 2.34. The number of hydrogen-bond donors (Lipinski definition) is 0. The number of fused-ring (bicyclic) bond motifs is 1. The molecule has 0 spiro atoms. The van der Waals surface area contributed by atoms with Crippen LogP contribution in [-0.2, 0) is 0 Å². The van der Waals surface area contributed by atoms with E-state index in [2.05, 4.69) is 56.1 Å². The van der Waals surface area contributed by atoms with Gasteiger partial charge in [-0.05, 0) is 37.5 Å². The van der Waals surface area contributed by atoms with E-state index in [0.29, 0.717) is 0 Å². The number of rotatable bonds is 0. The maximum atomic E-state index is 4.56. The zero-order chi connectivity index (χ0) is 10.2. The predicted octanol–water partition coefficient (Wildman–Crippen LogP) is 3.30. The van der Waals surface area contributed by atoms with Crippen LogP contribution in [0.25, 0.3) is 5.57 Å². The molecule has 1 aromatic rings. The van der Waals surface area contributed by atoms with Crippen molar-refractivity contribution in [2.24, 2.45) is 4.99 Å². The van der Waals surface area contributed by atoms with E-state index in [9.17, 15) is 0 Å². The van der Waals surface area contributed by atoms with Crippen LogP contribution in [-0.4, -0.2) is 11.8 Å². The van der Waals surface area contributed by atoms with Crippen molar-refractivity contribution in [1.29, 1.82) is 0 Å². The quantitative estimate of drug-likeness (QED) is 0.588. The first-order valence-electron chi connectivity index (χ1n) is 4.96. The first-order valence-corrected chi connectivity index (χ1v) is 4.96. The van der Waals surface area contributed by atoms with E-state index in [1.54, 1.807) is 0 Å². The molecule has 72 valence electrons. The van der Waals surface area contributed by atoms with E-state index in [1.807, 2.05) is 6.21 Å². The average molecular weight is 185 g/mol. The minimum absolute atomic E-state index is 0.0803. The Bertz CT molecular complexity index is 411. The Labute approximate surface area is 85.2 Å². The smallest absolute Gasteiger partial charge is 0.0803 e. The van der Waals surface area contributed by atoms with Crippen molar-refractivity contribution in [2.75, 3.05) is 0 Å². The van der Waals surface area contributed by atoms with Crippen molar-refractivity contribution in [2.45, 2.75) is 26.3 Å². The zero-order valence-electron chi connectivity index (χ0n) is 8.91. The van der Waals surface area contributed by atoms with E-state index >= 15 is 0 Å². The van der Waals surface area contributed by atoms with Gasteiger partial charge in [0.05, 0.1) is 5.54 Å². The van der Waals surface area contributed by atoms with Crippen molar-refractivity contribution in [3.8, 4) is 0 Å². The summed E-state index contributed by atoms with van der Waals surface area (Å²) in [4.78, 5) is 4.56. The van der Waals surface area contributed by atoms with Crippen LogP contribution in [0.2, 0.25) is 0 Å². The number of benzene rings is 1. The third-order valence-corrected chi connectivity index (χ3v) is 2.73. The van der Waals surface area contributed by atoms with E-state index in [0.717, 1.165) is 0 Å². The Hall–Kier alpha value is -1.37. The molecule has 0 bridgehead atoms. The third kappa shape index (κ3) is 1.29. The van der Waals surface area contributed by atoms with Gasteiger partial charge in [0.1, 0.15) is 0 Å². The molecule has 0 radical (unpaired) electrons. The Kier molecular flexibility index (Phi) is 2.03. The fraction of sp³-hybridized carbons (Fsp3) is 0.308. The third-order valence-electron chi connectivity index (χ3n) is 2.73. The molecule has 0 fully saturated rings. The molecule has 1 aliphatic rings. The SMILES string of the molecule is C/C=C1/c2ccccc2C=NC1(C)C. The molecule has 0 saturated carbocycles. The van der Waals surface area contributed by atoms with Crippen LogP contribution in [0.5, 0.6) is 0 Å². The van der Waals surface area contributed by atoms with Gasteiger partial charge in [0.25, 0.3) is 0 Å². The Balaban J connectivity index is 2.65. The van der Waals surface area contributed by atoms with Gasteiger partial charge in [-0.2, -0.15) is 0 Å². The summed E-state index contributed by atoms with van der Waals surface area (Å²) in [5.74, 6) is 0. The molecule has 1 heterocycles. The van der Waals surface area contributed by atoms with Crippen molar-refractivity contribution < 1.29 is 0 Å². The lowest BCUT2D eigenvalue weighted by atomic mass is 9.84. The van der Waals surface area contributed by atoms with Gasteiger partial charge in [-0.1, -0.05) is 30.3 Å². The molecule has 0 amide bonds. The molecule has 0 atom stereocenters. The van der Waals surface area contributed by atoms with Gasteiger partial charge in [0.15, 0.2) is 0 Å². The van der Waals surface area contributed by atoms with Gasteiger partial charge >= 0.3 is 0 Å². The lowest BCUT2D eigenvalue weighted by Gasteiger charge is -2.28. The summed E-state index contributed by atoms with van der Waals surface area (Å²) in [6, 6.07) is 8.41. The van der Waals surface area contributed by atoms with Crippen LogP contribution in [0.4, 0.5) is 0 Å². The molecule has 0 N–H and O–H groups in total. The highest BCUT2D eigenvalue weighted by Gasteiger charge is 2.26. The van der Waals surface area contributed by atoms with Gasteiger partial charge in [-0.25, -0.2) is 0 Å². The maximum Gasteiger partial charge on any atom is 0.0803 e. The standard InChI is InChI=1S/C13H15N/c1-4-12-11-8-6-5-7-10(11)9-14-13(12,2)3/h4-9H,1-3H3/b12-4-. The summed E-state index contributed by atoms with van der Waals surface area (Å²) in [5.41, 5.74) is 3.77. The fourth-order valence-corrected chi connectivity index (χ4v) is 1.99.